The number of hydrogen-bond donors (Lipinski definition) is 0. The Bertz CT molecular complexity index is 330. The first-order valence-corrected chi connectivity index (χ1v) is 4.95. The molecule has 0 fully saturated rings. The van der Waals surface area contributed by atoms with E-state index in [0.29, 0.717) is 10.1 Å². The lowest BCUT2D eigenvalue weighted by molar-refractivity contribution is -0.385. The Morgan fingerprint density at radius 3 is 2.92 bits per heavy atom. The zero-order valence-corrected chi connectivity index (χ0v) is 9.02. The number of nitro groups is 1. The van der Waals surface area contributed by atoms with E-state index in [4.69, 9.17) is 4.74 Å². The first kappa shape index (κ1) is 10.2. The fourth-order valence-corrected chi connectivity index (χ4v) is 1.48. The third kappa shape index (κ3) is 2.06. The van der Waals surface area contributed by atoms with Crippen molar-refractivity contribution in [2.24, 2.45) is 0 Å². The van der Waals surface area contributed by atoms with Crippen LogP contribution in [0, 0.1) is 10.1 Å². The molecule has 13 heavy (non-hydrogen) atoms. The van der Waals surface area contributed by atoms with Crippen molar-refractivity contribution in [3.8, 4) is 5.75 Å². The molecule has 0 atom stereocenters. The van der Waals surface area contributed by atoms with Crippen LogP contribution in [0.25, 0.3) is 0 Å². The fourth-order valence-electron chi connectivity index (χ4n) is 0.941. The molecule has 1 aromatic rings. The van der Waals surface area contributed by atoms with E-state index in [1.807, 2.05) is 0 Å². The summed E-state index contributed by atoms with van der Waals surface area (Å²) in [7, 11) is 1.40. The number of hydrogen-bond acceptors (Lipinski definition) is 4. The van der Waals surface area contributed by atoms with Crippen molar-refractivity contribution < 1.29 is 9.66 Å². The Morgan fingerprint density at radius 2 is 2.46 bits per heavy atom. The van der Waals surface area contributed by atoms with E-state index in [9.17, 15) is 10.1 Å². The van der Waals surface area contributed by atoms with Crippen molar-refractivity contribution in [1.29, 1.82) is 0 Å². The number of rotatable bonds is 3. The highest BCUT2D eigenvalue weighted by atomic mass is 127. The van der Waals surface area contributed by atoms with Gasteiger partial charge < -0.3 is 4.74 Å². The van der Waals surface area contributed by atoms with Gasteiger partial charge in [0.15, 0.2) is 0 Å². The SMILES string of the molecule is COc1c([N+](=O)[O-])ccnc1CI. The van der Waals surface area contributed by atoms with E-state index in [1.165, 1.54) is 19.4 Å². The first-order valence-electron chi connectivity index (χ1n) is 3.43. The molecule has 0 aliphatic carbocycles. The van der Waals surface area contributed by atoms with Crippen LogP contribution in [0.1, 0.15) is 5.69 Å². The van der Waals surface area contributed by atoms with E-state index in [2.05, 4.69) is 27.6 Å². The van der Waals surface area contributed by atoms with Gasteiger partial charge in [0, 0.05) is 16.7 Å². The second kappa shape index (κ2) is 4.35. The van der Waals surface area contributed by atoms with Crippen molar-refractivity contribution in [1.82, 2.24) is 4.98 Å². The van der Waals surface area contributed by atoms with Crippen molar-refractivity contribution in [3.05, 3.63) is 28.1 Å². The summed E-state index contributed by atoms with van der Waals surface area (Å²) >= 11 is 2.08. The summed E-state index contributed by atoms with van der Waals surface area (Å²) in [5.74, 6) is 0.252. The molecule has 0 N–H and O–H groups in total. The van der Waals surface area contributed by atoms with Crippen LogP contribution in [0.5, 0.6) is 5.75 Å². The van der Waals surface area contributed by atoms with Gasteiger partial charge in [-0.15, -0.1) is 0 Å². The Balaban J connectivity index is 3.27. The largest absolute Gasteiger partial charge is 0.489 e. The maximum atomic E-state index is 10.5. The van der Waals surface area contributed by atoms with Gasteiger partial charge >= 0.3 is 5.69 Å². The van der Waals surface area contributed by atoms with Crippen molar-refractivity contribution in [2.45, 2.75) is 4.43 Å². The monoisotopic (exact) mass is 294 g/mol. The molecule has 1 aromatic heterocycles. The molecule has 6 heteroatoms. The second-order valence-electron chi connectivity index (χ2n) is 2.20. The van der Waals surface area contributed by atoms with Crippen LogP contribution < -0.4 is 4.74 Å². The van der Waals surface area contributed by atoms with Gasteiger partial charge in [0.2, 0.25) is 5.75 Å². The van der Waals surface area contributed by atoms with Gasteiger partial charge in [-0.2, -0.15) is 0 Å². The van der Waals surface area contributed by atoms with Crippen LogP contribution >= 0.6 is 22.6 Å². The van der Waals surface area contributed by atoms with Gasteiger partial charge in [0.1, 0.15) is 0 Å². The number of ether oxygens (including phenoxy) is 1. The van der Waals surface area contributed by atoms with Gasteiger partial charge in [-0.3, -0.25) is 15.1 Å². The van der Waals surface area contributed by atoms with Crippen LogP contribution in [0.15, 0.2) is 12.3 Å². The summed E-state index contributed by atoms with van der Waals surface area (Å²) in [5.41, 5.74) is 0.557. The highest BCUT2D eigenvalue weighted by Crippen LogP contribution is 2.29. The van der Waals surface area contributed by atoms with Gasteiger partial charge in [-0.05, 0) is 0 Å². The lowest BCUT2D eigenvalue weighted by atomic mass is 10.3. The molecular weight excluding hydrogens is 287 g/mol. The average molecular weight is 294 g/mol. The first-order chi connectivity index (χ1) is 6.20. The summed E-state index contributed by atoms with van der Waals surface area (Å²) < 4.78 is 5.51. The standard InChI is InChI=1S/C7H7IN2O3/c1-13-7-5(4-8)9-3-2-6(7)10(11)12/h2-3H,4H2,1H3. The van der Waals surface area contributed by atoms with E-state index < -0.39 is 4.92 Å². The lowest BCUT2D eigenvalue weighted by Crippen LogP contribution is -1.98. The maximum absolute atomic E-state index is 10.5. The van der Waals surface area contributed by atoms with E-state index in [0.717, 1.165) is 0 Å². The molecule has 0 aromatic carbocycles. The summed E-state index contributed by atoms with van der Waals surface area (Å²) in [6, 6.07) is 1.33. The molecule has 1 heterocycles. The number of aromatic nitrogens is 1. The molecule has 70 valence electrons. The predicted molar refractivity (Wildman–Crippen MR) is 55.2 cm³/mol. The zero-order valence-electron chi connectivity index (χ0n) is 6.86. The fraction of sp³-hybridized carbons (Fsp3) is 0.286. The number of pyridine rings is 1. The van der Waals surface area contributed by atoms with Crippen LogP contribution in [0.3, 0.4) is 0 Å². The van der Waals surface area contributed by atoms with E-state index >= 15 is 0 Å². The smallest absolute Gasteiger partial charge is 0.314 e. The third-order valence-corrected chi connectivity index (χ3v) is 2.21. The zero-order chi connectivity index (χ0) is 9.84. The lowest BCUT2D eigenvalue weighted by Gasteiger charge is -2.04. The molecule has 0 bridgehead atoms. The van der Waals surface area contributed by atoms with E-state index in [1.54, 1.807) is 0 Å². The van der Waals surface area contributed by atoms with Gasteiger partial charge in [0.25, 0.3) is 0 Å². The molecule has 0 saturated heterocycles. The number of alkyl halides is 1. The highest BCUT2D eigenvalue weighted by Gasteiger charge is 2.18. The Labute approximate surface area is 88.4 Å². The second-order valence-corrected chi connectivity index (χ2v) is 2.96. The Hall–Kier alpha value is -0.920. The molecule has 0 radical (unpaired) electrons. The molecule has 0 spiro atoms. The van der Waals surface area contributed by atoms with Gasteiger partial charge in [-0.1, -0.05) is 22.6 Å². The third-order valence-electron chi connectivity index (χ3n) is 1.48. The molecule has 0 unspecified atom stereocenters. The van der Waals surface area contributed by atoms with Crippen LogP contribution in [-0.4, -0.2) is 17.0 Å². The number of methoxy groups -OCH3 is 1. The summed E-state index contributed by atoms with van der Waals surface area (Å²) in [6.45, 7) is 0. The molecular formula is C7H7IN2O3. The molecule has 0 amide bonds. The van der Waals surface area contributed by atoms with Crippen LogP contribution in [0.4, 0.5) is 5.69 Å². The van der Waals surface area contributed by atoms with Crippen LogP contribution in [-0.2, 0) is 4.43 Å². The topological polar surface area (TPSA) is 65.3 Å². The maximum Gasteiger partial charge on any atom is 0.314 e. The normalized spacial score (nSPS) is 9.69. The van der Waals surface area contributed by atoms with Gasteiger partial charge in [-0.25, -0.2) is 0 Å². The molecule has 0 aliphatic rings. The van der Waals surface area contributed by atoms with Gasteiger partial charge in [0.05, 0.1) is 17.7 Å². The molecule has 1 rings (SSSR count). The number of halogens is 1. The average Bonchev–Trinajstić information content (AvgIpc) is 2.16. The number of nitrogens with zero attached hydrogens (tertiary/aromatic N) is 2. The Morgan fingerprint density at radius 1 is 1.77 bits per heavy atom. The predicted octanol–water partition coefficient (Wildman–Crippen LogP) is 1.93. The minimum atomic E-state index is -0.476. The quantitative estimate of drug-likeness (QED) is 0.370. The summed E-state index contributed by atoms with van der Waals surface area (Å²) in [4.78, 5) is 14.0. The minimum absolute atomic E-state index is 0.0378. The van der Waals surface area contributed by atoms with Crippen molar-refractivity contribution >= 4 is 28.3 Å². The summed E-state index contributed by atoms with van der Waals surface area (Å²) in [6.07, 6.45) is 1.41. The van der Waals surface area contributed by atoms with E-state index in [-0.39, 0.29) is 11.4 Å². The molecule has 0 saturated carbocycles. The molecule has 5 nitrogen and oxygen atoms in total. The highest BCUT2D eigenvalue weighted by molar-refractivity contribution is 14.1. The van der Waals surface area contributed by atoms with Crippen molar-refractivity contribution in [2.75, 3.05) is 7.11 Å². The van der Waals surface area contributed by atoms with Crippen LogP contribution in [0.2, 0.25) is 0 Å². The Kier molecular flexibility index (Phi) is 3.40. The summed E-state index contributed by atoms with van der Waals surface area (Å²) in [5, 5.41) is 10.5. The van der Waals surface area contributed by atoms with Crippen molar-refractivity contribution in [3.63, 3.8) is 0 Å². The minimum Gasteiger partial charge on any atom is -0.489 e. The molecule has 0 aliphatic heterocycles.